The highest BCUT2D eigenvalue weighted by Gasteiger charge is 2.22. The van der Waals surface area contributed by atoms with Crippen LogP contribution in [0, 0.1) is 12.9 Å². The molecule has 3 heterocycles. The highest BCUT2D eigenvalue weighted by molar-refractivity contribution is 7.92. The maximum absolute atomic E-state index is 13.2. The topological polar surface area (TPSA) is 87.2 Å². The number of hydrogen-bond donors (Lipinski definition) is 2. The van der Waals surface area contributed by atoms with E-state index in [1.54, 1.807) is 6.20 Å². The Balaban J connectivity index is 1.81. The number of halogens is 1. The molecule has 2 aromatic heterocycles. The zero-order valence-corrected chi connectivity index (χ0v) is 15.6. The lowest BCUT2D eigenvalue weighted by molar-refractivity contribution is 0.443. The fraction of sp³-hybridized carbons (Fsp3) is 0.412. The van der Waals surface area contributed by atoms with E-state index in [9.17, 15) is 12.8 Å². The minimum absolute atomic E-state index is 0.0830. The van der Waals surface area contributed by atoms with Crippen molar-refractivity contribution in [2.75, 3.05) is 29.8 Å². The summed E-state index contributed by atoms with van der Waals surface area (Å²) in [5, 5.41) is 3.21. The van der Waals surface area contributed by atoms with E-state index >= 15 is 0 Å². The summed E-state index contributed by atoms with van der Waals surface area (Å²) in [6.45, 7) is 3.80. The minimum atomic E-state index is -3.94. The van der Waals surface area contributed by atoms with Crippen molar-refractivity contribution in [2.45, 2.75) is 30.8 Å². The van der Waals surface area contributed by atoms with E-state index in [0.717, 1.165) is 43.2 Å². The van der Waals surface area contributed by atoms with E-state index in [4.69, 9.17) is 0 Å². The molecular formula is C17H22FN5O2S. The second-order valence-electron chi connectivity index (χ2n) is 6.35. The second kappa shape index (κ2) is 7.55. The van der Waals surface area contributed by atoms with Gasteiger partial charge in [-0.15, -0.1) is 0 Å². The van der Waals surface area contributed by atoms with Crippen LogP contribution in [0.4, 0.5) is 15.9 Å². The molecule has 0 aliphatic carbocycles. The van der Waals surface area contributed by atoms with E-state index in [0.29, 0.717) is 6.04 Å². The van der Waals surface area contributed by atoms with E-state index in [-0.39, 0.29) is 10.8 Å². The van der Waals surface area contributed by atoms with Crippen molar-refractivity contribution >= 4 is 21.5 Å². The number of aryl methyl sites for hydroxylation is 1. The molecule has 0 aromatic carbocycles. The number of nitrogens with one attached hydrogen (secondary N) is 2. The standard InChI is InChI=1S/C17H22FN5O2S/c1-12-10-17(26(24,25)22-16-5-3-4-15(18)21-16)20-11-14(12)23(2)13-6-8-19-9-7-13/h3-5,10-11,13,19H,6-9H2,1-2H3,(H,21,22). The Morgan fingerprint density at radius 1 is 1.31 bits per heavy atom. The summed E-state index contributed by atoms with van der Waals surface area (Å²) in [7, 11) is -1.94. The van der Waals surface area contributed by atoms with Crippen molar-refractivity contribution in [1.29, 1.82) is 0 Å². The SMILES string of the molecule is Cc1cc(S(=O)(=O)Nc2cccc(F)n2)ncc1N(C)C1CCNCC1. The Bertz CT molecular complexity index is 884. The van der Waals surface area contributed by atoms with Gasteiger partial charge in [0.15, 0.2) is 5.03 Å². The summed E-state index contributed by atoms with van der Waals surface area (Å²) < 4.78 is 40.4. The van der Waals surface area contributed by atoms with Gasteiger partial charge in [0.25, 0.3) is 10.0 Å². The van der Waals surface area contributed by atoms with Gasteiger partial charge >= 0.3 is 0 Å². The summed E-state index contributed by atoms with van der Waals surface area (Å²) in [5.41, 5.74) is 1.72. The predicted molar refractivity (Wildman–Crippen MR) is 98.3 cm³/mol. The Kier molecular flexibility index (Phi) is 5.38. The lowest BCUT2D eigenvalue weighted by atomic mass is 10.0. The number of aromatic nitrogens is 2. The quantitative estimate of drug-likeness (QED) is 0.772. The van der Waals surface area contributed by atoms with E-state index < -0.39 is 16.0 Å². The number of pyridine rings is 2. The first-order chi connectivity index (χ1) is 12.4. The van der Waals surface area contributed by atoms with Gasteiger partial charge in [-0.2, -0.15) is 12.8 Å². The minimum Gasteiger partial charge on any atom is -0.370 e. The summed E-state index contributed by atoms with van der Waals surface area (Å²) >= 11 is 0. The molecule has 26 heavy (non-hydrogen) atoms. The van der Waals surface area contributed by atoms with Gasteiger partial charge in [-0.05, 0) is 56.6 Å². The molecule has 7 nitrogen and oxygen atoms in total. The molecule has 0 bridgehead atoms. The van der Waals surface area contributed by atoms with Crippen LogP contribution in [0.3, 0.4) is 0 Å². The highest BCUT2D eigenvalue weighted by atomic mass is 32.2. The molecule has 1 aliphatic rings. The molecule has 0 radical (unpaired) electrons. The van der Waals surface area contributed by atoms with Crippen molar-refractivity contribution in [3.05, 3.63) is 42.0 Å². The molecule has 0 saturated carbocycles. The Morgan fingerprint density at radius 3 is 2.69 bits per heavy atom. The van der Waals surface area contributed by atoms with Crippen LogP contribution >= 0.6 is 0 Å². The molecule has 2 N–H and O–H groups in total. The summed E-state index contributed by atoms with van der Waals surface area (Å²) in [6, 6.07) is 5.83. The maximum Gasteiger partial charge on any atom is 0.280 e. The molecule has 1 fully saturated rings. The number of sulfonamides is 1. The number of piperidine rings is 1. The van der Waals surface area contributed by atoms with Crippen LogP contribution in [0.25, 0.3) is 0 Å². The van der Waals surface area contributed by atoms with Crippen LogP contribution in [0.15, 0.2) is 35.5 Å². The molecule has 0 amide bonds. The molecule has 1 saturated heterocycles. The van der Waals surface area contributed by atoms with Crippen LogP contribution in [-0.2, 0) is 10.0 Å². The Morgan fingerprint density at radius 2 is 2.04 bits per heavy atom. The number of rotatable bonds is 5. The van der Waals surface area contributed by atoms with E-state index in [2.05, 4.69) is 24.9 Å². The van der Waals surface area contributed by atoms with E-state index in [1.165, 1.54) is 18.2 Å². The van der Waals surface area contributed by atoms with Crippen LogP contribution in [0.5, 0.6) is 0 Å². The summed E-state index contributed by atoms with van der Waals surface area (Å²) in [5.74, 6) is -0.839. The molecule has 2 aromatic rings. The summed E-state index contributed by atoms with van der Waals surface area (Å²) in [6.07, 6.45) is 3.64. The molecule has 9 heteroatoms. The van der Waals surface area contributed by atoms with Gasteiger partial charge in [0.05, 0.1) is 11.9 Å². The molecule has 0 unspecified atom stereocenters. The molecule has 1 aliphatic heterocycles. The van der Waals surface area contributed by atoms with Crippen LogP contribution in [-0.4, -0.2) is 44.6 Å². The Hall–Kier alpha value is -2.26. The van der Waals surface area contributed by atoms with Crippen molar-refractivity contribution in [2.24, 2.45) is 0 Å². The number of hydrogen-bond acceptors (Lipinski definition) is 6. The third kappa shape index (κ3) is 4.10. The third-order valence-corrected chi connectivity index (χ3v) is 5.78. The van der Waals surface area contributed by atoms with Gasteiger partial charge in [0.2, 0.25) is 5.95 Å². The number of anilines is 2. The van der Waals surface area contributed by atoms with Gasteiger partial charge in [-0.25, -0.2) is 9.97 Å². The average Bonchev–Trinajstić information content (AvgIpc) is 2.61. The zero-order valence-electron chi connectivity index (χ0n) is 14.7. The number of nitrogens with zero attached hydrogens (tertiary/aromatic N) is 3. The molecule has 0 spiro atoms. The lowest BCUT2D eigenvalue weighted by Crippen LogP contribution is -2.41. The zero-order chi connectivity index (χ0) is 18.7. The van der Waals surface area contributed by atoms with Gasteiger partial charge < -0.3 is 10.2 Å². The third-order valence-electron chi connectivity index (χ3n) is 4.52. The maximum atomic E-state index is 13.2. The van der Waals surface area contributed by atoms with Crippen LogP contribution in [0.1, 0.15) is 18.4 Å². The van der Waals surface area contributed by atoms with Gasteiger partial charge in [-0.3, -0.25) is 4.72 Å². The van der Waals surface area contributed by atoms with Crippen molar-refractivity contribution in [3.8, 4) is 0 Å². The van der Waals surface area contributed by atoms with Crippen molar-refractivity contribution in [3.63, 3.8) is 0 Å². The summed E-state index contributed by atoms with van der Waals surface area (Å²) in [4.78, 5) is 9.78. The molecular weight excluding hydrogens is 357 g/mol. The smallest absolute Gasteiger partial charge is 0.280 e. The average molecular weight is 379 g/mol. The first-order valence-corrected chi connectivity index (χ1v) is 9.91. The van der Waals surface area contributed by atoms with Crippen molar-refractivity contribution in [1.82, 2.24) is 15.3 Å². The second-order valence-corrected chi connectivity index (χ2v) is 7.98. The molecule has 3 rings (SSSR count). The van der Waals surface area contributed by atoms with Crippen LogP contribution < -0.4 is 14.9 Å². The predicted octanol–water partition coefficient (Wildman–Crippen LogP) is 1.91. The molecule has 0 atom stereocenters. The largest absolute Gasteiger partial charge is 0.370 e. The monoisotopic (exact) mass is 379 g/mol. The normalized spacial score (nSPS) is 15.7. The Labute approximate surface area is 152 Å². The fourth-order valence-corrected chi connectivity index (χ4v) is 4.10. The van der Waals surface area contributed by atoms with Gasteiger partial charge in [-0.1, -0.05) is 6.07 Å². The highest BCUT2D eigenvalue weighted by Crippen LogP contribution is 2.25. The first kappa shape index (κ1) is 18.5. The van der Waals surface area contributed by atoms with Gasteiger partial charge in [0.1, 0.15) is 5.82 Å². The van der Waals surface area contributed by atoms with Crippen molar-refractivity contribution < 1.29 is 12.8 Å². The van der Waals surface area contributed by atoms with Crippen LogP contribution in [0.2, 0.25) is 0 Å². The molecule has 140 valence electrons. The van der Waals surface area contributed by atoms with Gasteiger partial charge in [0, 0.05) is 13.1 Å². The fourth-order valence-electron chi connectivity index (χ4n) is 3.08. The lowest BCUT2D eigenvalue weighted by Gasteiger charge is -2.34. The first-order valence-electron chi connectivity index (χ1n) is 8.42. The van der Waals surface area contributed by atoms with E-state index in [1.807, 2.05) is 14.0 Å².